The molecule has 1 rings (SSSR count). The highest BCUT2D eigenvalue weighted by atomic mass is 79.9. The number of hydrogen-bond acceptors (Lipinski definition) is 2. The Labute approximate surface area is 108 Å². The highest BCUT2D eigenvalue weighted by molar-refractivity contribution is 9.11. The average Bonchev–Trinajstić information content (AvgIpc) is 2.10. The number of benzene rings is 1. The molecule has 0 saturated heterocycles. The molecule has 0 aliphatic heterocycles. The second-order valence-corrected chi connectivity index (χ2v) is 6.40. The summed E-state index contributed by atoms with van der Waals surface area (Å²) in [6, 6.07) is 6.23. The molecule has 0 amide bonds. The largest absolute Gasteiger partial charge is 0.271 e. The molecule has 0 fully saturated rings. The minimum atomic E-state index is 0.0675. The van der Waals surface area contributed by atoms with Gasteiger partial charge in [0, 0.05) is 8.95 Å². The molecule has 1 atom stereocenters. The Morgan fingerprint density at radius 2 is 1.87 bits per heavy atom. The number of hydrazine groups is 1. The average molecular weight is 336 g/mol. The summed E-state index contributed by atoms with van der Waals surface area (Å²) < 4.78 is 2.13. The third-order valence-electron chi connectivity index (χ3n) is 2.30. The van der Waals surface area contributed by atoms with Crippen LogP contribution in [-0.2, 0) is 0 Å². The van der Waals surface area contributed by atoms with E-state index in [9.17, 15) is 0 Å². The number of halogens is 2. The first-order valence-corrected chi connectivity index (χ1v) is 6.36. The van der Waals surface area contributed by atoms with Crippen molar-refractivity contribution >= 4 is 31.9 Å². The molecule has 0 radical (unpaired) electrons. The first kappa shape index (κ1) is 13.2. The predicted octanol–water partition coefficient (Wildman–Crippen LogP) is 3.76. The van der Waals surface area contributed by atoms with Crippen LogP contribution in [0, 0.1) is 5.41 Å². The predicted molar refractivity (Wildman–Crippen MR) is 71.4 cm³/mol. The molecular formula is C11H16Br2N2. The highest BCUT2D eigenvalue weighted by Crippen LogP contribution is 2.36. The lowest BCUT2D eigenvalue weighted by Gasteiger charge is -2.31. The summed E-state index contributed by atoms with van der Waals surface area (Å²) in [7, 11) is 0. The molecule has 1 aromatic carbocycles. The van der Waals surface area contributed by atoms with Crippen molar-refractivity contribution in [2.75, 3.05) is 0 Å². The van der Waals surface area contributed by atoms with Crippen LogP contribution in [-0.4, -0.2) is 0 Å². The van der Waals surface area contributed by atoms with Crippen molar-refractivity contribution in [1.29, 1.82) is 0 Å². The van der Waals surface area contributed by atoms with Crippen molar-refractivity contribution in [3.63, 3.8) is 0 Å². The van der Waals surface area contributed by atoms with E-state index in [-0.39, 0.29) is 11.5 Å². The third kappa shape index (κ3) is 3.28. The number of nitrogens with two attached hydrogens (primary N) is 1. The van der Waals surface area contributed by atoms with Crippen LogP contribution in [0.15, 0.2) is 27.1 Å². The quantitative estimate of drug-likeness (QED) is 0.638. The van der Waals surface area contributed by atoms with E-state index in [2.05, 4.69) is 64.1 Å². The fourth-order valence-corrected chi connectivity index (χ4v) is 2.40. The van der Waals surface area contributed by atoms with Gasteiger partial charge >= 0.3 is 0 Å². The number of hydrogen-bond donors (Lipinski definition) is 2. The second-order valence-electron chi connectivity index (χ2n) is 4.63. The molecule has 15 heavy (non-hydrogen) atoms. The maximum atomic E-state index is 5.62. The van der Waals surface area contributed by atoms with Gasteiger partial charge in [-0.25, -0.2) is 0 Å². The Bertz CT molecular complexity index is 345. The summed E-state index contributed by atoms with van der Waals surface area (Å²) in [6.07, 6.45) is 0. The summed E-state index contributed by atoms with van der Waals surface area (Å²) in [5.41, 5.74) is 4.11. The fourth-order valence-electron chi connectivity index (χ4n) is 1.54. The normalized spacial score (nSPS) is 14.0. The Hall–Kier alpha value is 0.1000. The van der Waals surface area contributed by atoms with Crippen molar-refractivity contribution in [2.24, 2.45) is 11.3 Å². The van der Waals surface area contributed by atoms with Gasteiger partial charge < -0.3 is 0 Å². The molecule has 0 saturated carbocycles. The van der Waals surface area contributed by atoms with Crippen LogP contribution in [0.5, 0.6) is 0 Å². The van der Waals surface area contributed by atoms with Crippen LogP contribution in [0.1, 0.15) is 32.4 Å². The van der Waals surface area contributed by atoms with E-state index in [1.54, 1.807) is 0 Å². The van der Waals surface area contributed by atoms with Gasteiger partial charge in [-0.2, -0.15) is 0 Å². The molecular weight excluding hydrogens is 320 g/mol. The molecule has 1 aromatic rings. The van der Waals surface area contributed by atoms with Gasteiger partial charge in [0.1, 0.15) is 0 Å². The van der Waals surface area contributed by atoms with Gasteiger partial charge in [-0.1, -0.05) is 52.6 Å². The molecule has 0 heterocycles. The van der Waals surface area contributed by atoms with E-state index < -0.39 is 0 Å². The minimum Gasteiger partial charge on any atom is -0.271 e. The van der Waals surface area contributed by atoms with E-state index in [0.29, 0.717) is 0 Å². The van der Waals surface area contributed by atoms with E-state index in [1.807, 2.05) is 12.1 Å². The fraction of sp³-hybridized carbons (Fsp3) is 0.455. The number of rotatable bonds is 2. The van der Waals surface area contributed by atoms with E-state index in [0.717, 1.165) is 8.95 Å². The zero-order valence-electron chi connectivity index (χ0n) is 9.14. The van der Waals surface area contributed by atoms with E-state index >= 15 is 0 Å². The Kier molecular flexibility index (Phi) is 4.35. The van der Waals surface area contributed by atoms with Gasteiger partial charge in [0.25, 0.3) is 0 Å². The summed E-state index contributed by atoms with van der Waals surface area (Å²) in [5.74, 6) is 5.62. The Balaban J connectivity index is 3.18. The minimum absolute atomic E-state index is 0.0675. The lowest BCUT2D eigenvalue weighted by atomic mass is 9.83. The Morgan fingerprint density at radius 1 is 1.27 bits per heavy atom. The zero-order chi connectivity index (χ0) is 11.6. The van der Waals surface area contributed by atoms with Gasteiger partial charge in [-0.3, -0.25) is 11.3 Å². The zero-order valence-corrected chi connectivity index (χ0v) is 12.3. The molecule has 0 aromatic heterocycles. The Morgan fingerprint density at radius 3 is 2.33 bits per heavy atom. The van der Waals surface area contributed by atoms with Crippen molar-refractivity contribution in [3.8, 4) is 0 Å². The van der Waals surface area contributed by atoms with E-state index in [4.69, 9.17) is 5.84 Å². The maximum Gasteiger partial charge on any atom is 0.0519 e. The molecule has 3 N–H and O–H groups in total. The number of nitrogens with one attached hydrogen (secondary N) is 1. The van der Waals surface area contributed by atoms with Crippen LogP contribution < -0.4 is 11.3 Å². The van der Waals surface area contributed by atoms with Gasteiger partial charge in [-0.15, -0.1) is 0 Å². The standard InChI is InChI=1S/C11H16Br2N2/c1-11(2,3)10(15-14)8-6-7(12)4-5-9(8)13/h4-6,10,15H,14H2,1-3H3. The summed E-state index contributed by atoms with van der Waals surface area (Å²) in [4.78, 5) is 0. The molecule has 0 aliphatic rings. The van der Waals surface area contributed by atoms with Crippen molar-refractivity contribution in [3.05, 3.63) is 32.7 Å². The van der Waals surface area contributed by atoms with Crippen molar-refractivity contribution in [2.45, 2.75) is 26.8 Å². The first-order chi connectivity index (χ1) is 6.86. The molecule has 84 valence electrons. The van der Waals surface area contributed by atoms with Gasteiger partial charge in [0.15, 0.2) is 0 Å². The molecule has 2 nitrogen and oxygen atoms in total. The van der Waals surface area contributed by atoms with Crippen molar-refractivity contribution in [1.82, 2.24) is 5.43 Å². The van der Waals surface area contributed by atoms with Gasteiger partial charge in [-0.05, 0) is 29.2 Å². The third-order valence-corrected chi connectivity index (χ3v) is 3.52. The smallest absolute Gasteiger partial charge is 0.0519 e. The van der Waals surface area contributed by atoms with Gasteiger partial charge in [0.05, 0.1) is 6.04 Å². The summed E-state index contributed by atoms with van der Waals surface area (Å²) >= 11 is 7.02. The molecule has 1 unspecified atom stereocenters. The lowest BCUT2D eigenvalue weighted by molar-refractivity contribution is 0.274. The van der Waals surface area contributed by atoms with Gasteiger partial charge in [0.2, 0.25) is 0 Å². The summed E-state index contributed by atoms with van der Waals surface area (Å²) in [5, 5.41) is 0. The summed E-state index contributed by atoms with van der Waals surface area (Å²) in [6.45, 7) is 6.47. The highest BCUT2D eigenvalue weighted by Gasteiger charge is 2.26. The van der Waals surface area contributed by atoms with Crippen LogP contribution >= 0.6 is 31.9 Å². The topological polar surface area (TPSA) is 38.0 Å². The first-order valence-electron chi connectivity index (χ1n) is 4.77. The molecule has 4 heteroatoms. The van der Waals surface area contributed by atoms with E-state index in [1.165, 1.54) is 5.56 Å². The van der Waals surface area contributed by atoms with Crippen LogP contribution in [0.4, 0.5) is 0 Å². The lowest BCUT2D eigenvalue weighted by Crippen LogP contribution is -2.37. The second kappa shape index (κ2) is 4.95. The van der Waals surface area contributed by atoms with Crippen LogP contribution in [0.3, 0.4) is 0 Å². The molecule has 0 spiro atoms. The monoisotopic (exact) mass is 334 g/mol. The van der Waals surface area contributed by atoms with Crippen LogP contribution in [0.25, 0.3) is 0 Å². The van der Waals surface area contributed by atoms with Crippen molar-refractivity contribution < 1.29 is 0 Å². The maximum absolute atomic E-state index is 5.62. The molecule has 0 aliphatic carbocycles. The van der Waals surface area contributed by atoms with Crippen LogP contribution in [0.2, 0.25) is 0 Å². The SMILES string of the molecule is CC(C)(C)C(NN)c1cc(Br)ccc1Br. The molecule has 0 bridgehead atoms.